The van der Waals surface area contributed by atoms with Crippen LogP contribution < -0.4 is 15.5 Å². The van der Waals surface area contributed by atoms with Crippen LogP contribution in [0, 0.1) is 0 Å². The number of imide groups is 1. The Morgan fingerprint density at radius 1 is 0.892 bits per heavy atom. The van der Waals surface area contributed by atoms with E-state index in [0.717, 1.165) is 4.90 Å². The van der Waals surface area contributed by atoms with Gasteiger partial charge in [-0.15, -0.1) is 0 Å². The second-order valence-corrected chi connectivity index (χ2v) is 8.83. The van der Waals surface area contributed by atoms with Crippen molar-refractivity contribution in [1.82, 2.24) is 0 Å². The summed E-state index contributed by atoms with van der Waals surface area (Å²) in [5, 5.41) is 5.65. The van der Waals surface area contributed by atoms with Crippen molar-refractivity contribution in [2.24, 2.45) is 0 Å². The molecule has 1 aliphatic heterocycles. The summed E-state index contributed by atoms with van der Waals surface area (Å²) in [6, 6.07) is 17.0. The highest BCUT2D eigenvalue weighted by Crippen LogP contribution is 2.32. The van der Waals surface area contributed by atoms with E-state index in [1.54, 1.807) is 43.3 Å². The molecular formula is C26H18Cl3N3O5. The summed E-state index contributed by atoms with van der Waals surface area (Å²) >= 11 is 18.4. The number of esters is 1. The van der Waals surface area contributed by atoms with Crippen LogP contribution in [0.5, 0.6) is 0 Å². The van der Waals surface area contributed by atoms with Crippen molar-refractivity contribution in [3.8, 4) is 0 Å². The Morgan fingerprint density at radius 2 is 1.59 bits per heavy atom. The first-order valence-corrected chi connectivity index (χ1v) is 12.0. The van der Waals surface area contributed by atoms with Gasteiger partial charge in [0.2, 0.25) is 0 Å². The fourth-order valence-electron chi connectivity index (χ4n) is 3.51. The van der Waals surface area contributed by atoms with Crippen molar-refractivity contribution >= 4 is 75.6 Å². The van der Waals surface area contributed by atoms with E-state index in [9.17, 15) is 19.2 Å². The topological polar surface area (TPSA) is 105 Å². The van der Waals surface area contributed by atoms with E-state index in [0.29, 0.717) is 16.4 Å². The lowest BCUT2D eigenvalue weighted by molar-refractivity contribution is -0.120. The van der Waals surface area contributed by atoms with Crippen LogP contribution in [0.15, 0.2) is 77.5 Å². The van der Waals surface area contributed by atoms with Gasteiger partial charge in [0.25, 0.3) is 17.7 Å². The molecule has 0 saturated carbocycles. The average molecular weight is 559 g/mol. The molecule has 188 valence electrons. The van der Waals surface area contributed by atoms with Crippen LogP contribution in [0.3, 0.4) is 0 Å². The zero-order chi connectivity index (χ0) is 26.7. The molecule has 3 aromatic rings. The van der Waals surface area contributed by atoms with Gasteiger partial charge in [-0.3, -0.25) is 14.4 Å². The van der Waals surface area contributed by atoms with Gasteiger partial charge in [-0.1, -0.05) is 53.0 Å². The number of hydrogen-bond acceptors (Lipinski definition) is 6. The number of ether oxygens (including phenoxy) is 1. The molecule has 0 spiro atoms. The minimum atomic E-state index is -0.764. The van der Waals surface area contributed by atoms with E-state index in [2.05, 4.69) is 10.6 Å². The number of benzene rings is 3. The highest BCUT2D eigenvalue weighted by Gasteiger charge is 2.39. The van der Waals surface area contributed by atoms with Gasteiger partial charge in [-0.25, -0.2) is 9.69 Å². The average Bonchev–Trinajstić information content (AvgIpc) is 3.10. The lowest BCUT2D eigenvalue weighted by Gasteiger charge is -2.16. The van der Waals surface area contributed by atoms with Crippen LogP contribution in [0.2, 0.25) is 10.0 Å². The molecule has 37 heavy (non-hydrogen) atoms. The maximum atomic E-state index is 13.1. The normalized spacial score (nSPS) is 13.1. The zero-order valence-corrected chi connectivity index (χ0v) is 21.4. The fourth-order valence-corrected chi connectivity index (χ4v) is 4.07. The van der Waals surface area contributed by atoms with Gasteiger partial charge in [0.15, 0.2) is 0 Å². The summed E-state index contributed by atoms with van der Waals surface area (Å²) in [4.78, 5) is 51.7. The maximum Gasteiger partial charge on any atom is 0.338 e. The molecule has 11 heteroatoms. The van der Waals surface area contributed by atoms with Crippen LogP contribution >= 0.6 is 34.8 Å². The molecule has 2 N–H and O–H groups in total. The first kappa shape index (κ1) is 26.2. The van der Waals surface area contributed by atoms with Crippen LogP contribution in [0.1, 0.15) is 27.6 Å². The number of rotatable bonds is 7. The number of nitrogens with zero attached hydrogens (tertiary/aromatic N) is 1. The Balaban J connectivity index is 1.54. The monoisotopic (exact) mass is 557 g/mol. The molecule has 0 saturated heterocycles. The summed E-state index contributed by atoms with van der Waals surface area (Å²) in [7, 11) is 0. The second-order valence-electron chi connectivity index (χ2n) is 7.67. The quantitative estimate of drug-likeness (QED) is 0.278. The van der Waals surface area contributed by atoms with E-state index in [1.807, 2.05) is 0 Å². The molecule has 8 nitrogen and oxygen atoms in total. The third-order valence-electron chi connectivity index (χ3n) is 5.24. The van der Waals surface area contributed by atoms with Crippen molar-refractivity contribution in [3.63, 3.8) is 0 Å². The van der Waals surface area contributed by atoms with Gasteiger partial charge >= 0.3 is 5.97 Å². The van der Waals surface area contributed by atoms with E-state index in [1.165, 1.54) is 30.3 Å². The number of amides is 3. The zero-order valence-electron chi connectivity index (χ0n) is 19.2. The Labute approximate surface area is 226 Å². The van der Waals surface area contributed by atoms with Crippen molar-refractivity contribution in [2.45, 2.75) is 6.92 Å². The summed E-state index contributed by atoms with van der Waals surface area (Å²) in [6.07, 6.45) is 0. The molecule has 1 aliphatic rings. The number of hydrogen-bond donors (Lipinski definition) is 2. The Morgan fingerprint density at radius 3 is 2.35 bits per heavy atom. The molecule has 3 amide bonds. The van der Waals surface area contributed by atoms with Crippen molar-refractivity contribution in [2.75, 3.05) is 22.1 Å². The number of carbonyl (C=O) groups is 4. The molecule has 0 aromatic heterocycles. The first-order valence-electron chi connectivity index (χ1n) is 10.9. The third-order valence-corrected chi connectivity index (χ3v) is 6.41. The van der Waals surface area contributed by atoms with Crippen LogP contribution in [-0.2, 0) is 14.3 Å². The van der Waals surface area contributed by atoms with Gasteiger partial charge in [-0.05, 0) is 55.5 Å². The van der Waals surface area contributed by atoms with Crippen LogP contribution in [0.4, 0.5) is 17.1 Å². The Kier molecular flexibility index (Phi) is 7.83. The molecule has 0 radical (unpaired) electrons. The highest BCUT2D eigenvalue weighted by molar-refractivity contribution is 6.53. The smallest absolute Gasteiger partial charge is 0.338 e. The molecule has 1 heterocycles. The number of halogens is 3. The SMILES string of the molecule is CCOC(=O)c1cccc(N2C(=O)C(Cl)=C(Nc3cccc(C(=O)Nc4cccc(Cl)c4Cl)c3)C2=O)c1. The summed E-state index contributed by atoms with van der Waals surface area (Å²) in [5.74, 6) is -2.55. The van der Waals surface area contributed by atoms with Gasteiger partial charge in [0, 0.05) is 11.3 Å². The third kappa shape index (κ3) is 5.46. The summed E-state index contributed by atoms with van der Waals surface area (Å²) in [5.41, 5.74) is 1.07. The van der Waals surface area contributed by atoms with Gasteiger partial charge in [0.05, 0.1) is 33.6 Å². The standard InChI is InChI=1S/C26H18Cl3N3O5/c1-2-37-26(36)15-7-4-9-17(13-15)32-24(34)21(29)22(25(32)35)30-16-8-3-6-14(12-16)23(33)31-19-11-5-10-18(27)20(19)28/h3-13,30H,2H2,1H3,(H,31,33). The van der Waals surface area contributed by atoms with Crippen LogP contribution in [-0.4, -0.2) is 30.3 Å². The van der Waals surface area contributed by atoms with Gasteiger partial charge in [0.1, 0.15) is 10.7 Å². The minimum Gasteiger partial charge on any atom is -0.462 e. The molecule has 4 rings (SSSR count). The summed E-state index contributed by atoms with van der Waals surface area (Å²) < 4.78 is 4.98. The van der Waals surface area contributed by atoms with E-state index < -0.39 is 23.7 Å². The summed E-state index contributed by atoms with van der Waals surface area (Å²) in [6.45, 7) is 1.84. The molecular weight excluding hydrogens is 541 g/mol. The predicted molar refractivity (Wildman–Crippen MR) is 142 cm³/mol. The van der Waals surface area contributed by atoms with Crippen molar-refractivity contribution in [3.05, 3.63) is 98.6 Å². The number of carbonyl (C=O) groups excluding carboxylic acids is 4. The first-order chi connectivity index (χ1) is 17.7. The van der Waals surface area contributed by atoms with Crippen molar-refractivity contribution in [1.29, 1.82) is 0 Å². The van der Waals surface area contributed by atoms with Gasteiger partial charge < -0.3 is 15.4 Å². The largest absolute Gasteiger partial charge is 0.462 e. The fraction of sp³-hybridized carbons (Fsp3) is 0.0769. The van der Waals surface area contributed by atoms with E-state index in [4.69, 9.17) is 39.5 Å². The van der Waals surface area contributed by atoms with Crippen LogP contribution in [0.25, 0.3) is 0 Å². The predicted octanol–water partition coefficient (Wildman–Crippen LogP) is 5.86. The Hall–Kier alpha value is -3.85. The Bertz CT molecular complexity index is 1470. The van der Waals surface area contributed by atoms with E-state index >= 15 is 0 Å². The number of anilines is 3. The highest BCUT2D eigenvalue weighted by atomic mass is 35.5. The van der Waals surface area contributed by atoms with E-state index in [-0.39, 0.29) is 39.2 Å². The second kappa shape index (κ2) is 11.0. The molecule has 0 fully saturated rings. The lowest BCUT2D eigenvalue weighted by Crippen LogP contribution is -2.32. The van der Waals surface area contributed by atoms with Crippen molar-refractivity contribution < 1.29 is 23.9 Å². The number of nitrogens with one attached hydrogen (secondary N) is 2. The molecule has 3 aromatic carbocycles. The molecule has 0 atom stereocenters. The molecule has 0 unspecified atom stereocenters. The van der Waals surface area contributed by atoms with Gasteiger partial charge in [-0.2, -0.15) is 0 Å². The lowest BCUT2D eigenvalue weighted by atomic mass is 10.1. The molecule has 0 bridgehead atoms. The minimum absolute atomic E-state index is 0.155. The maximum absolute atomic E-state index is 13.1. The molecule has 0 aliphatic carbocycles.